The minimum Gasteiger partial charge on any atom is -0.394 e. The van der Waals surface area contributed by atoms with Crippen molar-refractivity contribution in [1.82, 2.24) is 5.32 Å². The van der Waals surface area contributed by atoms with Gasteiger partial charge < -0.3 is 40.3 Å². The van der Waals surface area contributed by atoms with E-state index in [1.807, 2.05) is 6.08 Å². The summed E-state index contributed by atoms with van der Waals surface area (Å²) in [5, 5.41) is 54.2. The van der Waals surface area contributed by atoms with Gasteiger partial charge in [-0.3, -0.25) is 4.79 Å². The van der Waals surface area contributed by atoms with E-state index in [4.69, 9.17) is 9.47 Å². The number of aliphatic hydroxyl groups is 5. The molecular weight excluding hydrogens is 719 g/mol. The third-order valence-corrected chi connectivity index (χ3v) is 11.2. The lowest BCUT2D eigenvalue weighted by Crippen LogP contribution is -2.60. The molecule has 1 saturated heterocycles. The van der Waals surface area contributed by atoms with Crippen molar-refractivity contribution >= 4 is 5.91 Å². The Morgan fingerprint density at radius 1 is 0.579 bits per heavy atom. The molecular formula is C48H89NO8. The maximum absolute atomic E-state index is 13.0. The summed E-state index contributed by atoms with van der Waals surface area (Å²) in [6.45, 7) is 3.75. The maximum Gasteiger partial charge on any atom is 0.220 e. The molecule has 0 radical (unpaired) electrons. The third kappa shape index (κ3) is 29.3. The number of amides is 1. The smallest absolute Gasteiger partial charge is 0.220 e. The Hall–Kier alpha value is -1.59. The summed E-state index contributed by atoms with van der Waals surface area (Å²) in [6.07, 6.45) is 40.4. The van der Waals surface area contributed by atoms with Gasteiger partial charge in [-0.25, -0.2) is 0 Å². The van der Waals surface area contributed by atoms with Crippen LogP contribution in [0, 0.1) is 0 Å². The van der Waals surface area contributed by atoms with Crippen molar-refractivity contribution in [3.8, 4) is 0 Å². The van der Waals surface area contributed by atoms with Crippen molar-refractivity contribution in [3.05, 3.63) is 36.5 Å². The Bertz CT molecular complexity index is 987. The molecule has 1 rings (SSSR count). The van der Waals surface area contributed by atoms with Crippen LogP contribution in [0.1, 0.15) is 206 Å². The molecule has 0 saturated carbocycles. The molecule has 0 aromatic carbocycles. The molecule has 9 heteroatoms. The first-order valence-corrected chi connectivity index (χ1v) is 23.7. The Morgan fingerprint density at radius 3 is 1.47 bits per heavy atom. The summed E-state index contributed by atoms with van der Waals surface area (Å²) in [4.78, 5) is 13.0. The molecule has 0 bridgehead atoms. The maximum atomic E-state index is 13.0. The number of hydrogen-bond donors (Lipinski definition) is 6. The molecule has 0 aliphatic carbocycles. The van der Waals surface area contributed by atoms with Gasteiger partial charge in [0.25, 0.3) is 0 Å². The number of aliphatic hydroxyl groups excluding tert-OH is 5. The van der Waals surface area contributed by atoms with Crippen LogP contribution >= 0.6 is 0 Å². The molecule has 1 amide bonds. The first kappa shape index (κ1) is 53.4. The van der Waals surface area contributed by atoms with Gasteiger partial charge in [-0.1, -0.05) is 179 Å². The first-order valence-electron chi connectivity index (χ1n) is 23.7. The highest BCUT2D eigenvalue weighted by Crippen LogP contribution is 2.22. The number of carbonyl (C=O) groups excluding carboxylic acids is 1. The zero-order valence-electron chi connectivity index (χ0n) is 36.6. The van der Waals surface area contributed by atoms with Gasteiger partial charge in [-0.2, -0.15) is 0 Å². The molecule has 1 fully saturated rings. The number of unbranched alkanes of at least 4 members (excludes halogenated alkanes) is 25. The van der Waals surface area contributed by atoms with Gasteiger partial charge in [0.1, 0.15) is 24.4 Å². The standard InChI is InChI=1S/C48H89NO8/c1-3-5-7-9-11-13-15-17-19-20-21-22-24-26-28-30-32-34-36-38-44(52)49-41(40-56-48-47(55)46(54)45(53)43(39-50)57-48)42(51)37-35-33-31-29-27-25-23-18-16-14-12-10-8-6-4-2/h20-21,27,29,35,37,41-43,45-48,50-51,53-55H,3-19,22-26,28,30-34,36,38-40H2,1-2H3,(H,49,52)/b21-20-,29-27+,37-35+. The van der Waals surface area contributed by atoms with Crippen LogP contribution in [-0.2, 0) is 14.3 Å². The van der Waals surface area contributed by atoms with Crippen molar-refractivity contribution in [1.29, 1.82) is 0 Å². The van der Waals surface area contributed by atoms with E-state index >= 15 is 0 Å². The number of nitrogens with one attached hydrogen (secondary N) is 1. The number of carbonyl (C=O) groups is 1. The fourth-order valence-electron chi connectivity index (χ4n) is 7.34. The van der Waals surface area contributed by atoms with Crippen LogP contribution in [0.3, 0.4) is 0 Å². The van der Waals surface area contributed by atoms with E-state index < -0.39 is 49.5 Å². The lowest BCUT2D eigenvalue weighted by molar-refractivity contribution is -0.302. The Labute approximate surface area is 349 Å². The highest BCUT2D eigenvalue weighted by Gasteiger charge is 2.44. The molecule has 0 aromatic heterocycles. The first-order chi connectivity index (χ1) is 27.8. The molecule has 1 heterocycles. The average molecular weight is 808 g/mol. The van der Waals surface area contributed by atoms with Crippen molar-refractivity contribution in [2.75, 3.05) is 13.2 Å². The summed E-state index contributed by atoms with van der Waals surface area (Å²) in [5.74, 6) is -0.192. The summed E-state index contributed by atoms with van der Waals surface area (Å²) in [5.41, 5.74) is 0. The van der Waals surface area contributed by atoms with Gasteiger partial charge in [-0.15, -0.1) is 0 Å². The molecule has 7 unspecified atom stereocenters. The average Bonchev–Trinajstić information content (AvgIpc) is 3.21. The van der Waals surface area contributed by atoms with Crippen LogP contribution in [-0.4, -0.2) is 87.5 Å². The predicted molar refractivity (Wildman–Crippen MR) is 235 cm³/mol. The van der Waals surface area contributed by atoms with E-state index in [9.17, 15) is 30.3 Å². The molecule has 6 N–H and O–H groups in total. The van der Waals surface area contributed by atoms with Crippen molar-refractivity contribution in [3.63, 3.8) is 0 Å². The van der Waals surface area contributed by atoms with Crippen molar-refractivity contribution < 1.29 is 39.8 Å². The summed E-state index contributed by atoms with van der Waals surface area (Å²) >= 11 is 0. The number of hydrogen-bond acceptors (Lipinski definition) is 8. The van der Waals surface area contributed by atoms with E-state index in [0.717, 1.165) is 51.4 Å². The Morgan fingerprint density at radius 2 is 1.00 bits per heavy atom. The monoisotopic (exact) mass is 808 g/mol. The number of rotatable bonds is 39. The van der Waals surface area contributed by atoms with E-state index in [2.05, 4.69) is 43.5 Å². The number of ether oxygens (including phenoxy) is 2. The van der Waals surface area contributed by atoms with Gasteiger partial charge >= 0.3 is 0 Å². The van der Waals surface area contributed by atoms with Crippen LogP contribution in [0.4, 0.5) is 0 Å². The van der Waals surface area contributed by atoms with Gasteiger partial charge in [-0.05, 0) is 57.8 Å². The molecule has 1 aliphatic rings. The van der Waals surface area contributed by atoms with E-state index in [-0.39, 0.29) is 12.5 Å². The highest BCUT2D eigenvalue weighted by atomic mass is 16.7. The molecule has 0 spiro atoms. The molecule has 1 aliphatic heterocycles. The van der Waals surface area contributed by atoms with Crippen LogP contribution in [0.2, 0.25) is 0 Å². The molecule has 57 heavy (non-hydrogen) atoms. The van der Waals surface area contributed by atoms with Crippen LogP contribution < -0.4 is 5.32 Å². The van der Waals surface area contributed by atoms with Crippen molar-refractivity contribution in [2.45, 2.75) is 249 Å². The summed E-state index contributed by atoms with van der Waals surface area (Å²) < 4.78 is 11.2. The normalized spacial score (nSPS) is 21.3. The summed E-state index contributed by atoms with van der Waals surface area (Å²) in [6, 6.07) is -0.822. The van der Waals surface area contributed by atoms with Gasteiger partial charge in [0.15, 0.2) is 6.29 Å². The van der Waals surface area contributed by atoms with E-state index in [0.29, 0.717) is 6.42 Å². The quantitative estimate of drug-likeness (QED) is 0.0266. The van der Waals surface area contributed by atoms with Crippen molar-refractivity contribution in [2.24, 2.45) is 0 Å². The minimum absolute atomic E-state index is 0.192. The fourth-order valence-corrected chi connectivity index (χ4v) is 7.34. The Kier molecular flexibility index (Phi) is 36.2. The van der Waals surface area contributed by atoms with Crippen LogP contribution in [0.5, 0.6) is 0 Å². The minimum atomic E-state index is -1.57. The lowest BCUT2D eigenvalue weighted by Gasteiger charge is -2.40. The SMILES string of the molecule is CCCCCCCCCC/C=C\CCCCCCCCCC(=O)NC(COC1OC(CO)C(O)C(O)C1O)C(O)/C=C/CC/C=C/CCCCCCCCCCC. The van der Waals surface area contributed by atoms with Gasteiger partial charge in [0.2, 0.25) is 5.91 Å². The van der Waals surface area contributed by atoms with Crippen LogP contribution in [0.25, 0.3) is 0 Å². The van der Waals surface area contributed by atoms with Gasteiger partial charge in [0.05, 0.1) is 25.4 Å². The Balaban J connectivity index is 2.36. The third-order valence-electron chi connectivity index (χ3n) is 11.2. The van der Waals surface area contributed by atoms with E-state index in [1.54, 1.807) is 6.08 Å². The molecule has 334 valence electrons. The summed E-state index contributed by atoms with van der Waals surface area (Å²) in [7, 11) is 0. The molecule has 7 atom stereocenters. The predicted octanol–water partition coefficient (Wildman–Crippen LogP) is 10.1. The highest BCUT2D eigenvalue weighted by molar-refractivity contribution is 5.76. The molecule has 9 nitrogen and oxygen atoms in total. The lowest BCUT2D eigenvalue weighted by atomic mass is 9.99. The second-order valence-corrected chi connectivity index (χ2v) is 16.5. The fraction of sp³-hybridized carbons (Fsp3) is 0.854. The zero-order chi connectivity index (χ0) is 41.6. The van der Waals surface area contributed by atoms with E-state index in [1.165, 1.54) is 135 Å². The second-order valence-electron chi connectivity index (χ2n) is 16.5. The van der Waals surface area contributed by atoms with Gasteiger partial charge in [0, 0.05) is 6.42 Å². The second kappa shape index (κ2) is 38.6. The number of allylic oxidation sites excluding steroid dienone is 5. The van der Waals surface area contributed by atoms with Crippen LogP contribution in [0.15, 0.2) is 36.5 Å². The zero-order valence-corrected chi connectivity index (χ0v) is 36.6. The molecule has 0 aromatic rings. The largest absolute Gasteiger partial charge is 0.394 e. The topological polar surface area (TPSA) is 149 Å².